The van der Waals surface area contributed by atoms with Crippen LogP contribution < -0.4 is 28.0 Å². The van der Waals surface area contributed by atoms with E-state index in [1.54, 1.807) is 0 Å². The lowest BCUT2D eigenvalue weighted by atomic mass is 9.79. The minimum Gasteiger partial charge on any atom is -0.366 e. The summed E-state index contributed by atoms with van der Waals surface area (Å²) in [6.45, 7) is 1.47. The van der Waals surface area contributed by atoms with Gasteiger partial charge in [-0.15, -0.1) is 0 Å². The summed E-state index contributed by atoms with van der Waals surface area (Å²) < 4.78 is 2.13. The molecule has 3 fully saturated rings. The Morgan fingerprint density at radius 3 is 1.44 bits per heavy atom. The lowest BCUT2D eigenvalue weighted by Crippen LogP contribution is -2.49. The summed E-state index contributed by atoms with van der Waals surface area (Å²) in [7, 11) is 0. The Hall–Kier alpha value is -7.82. The Morgan fingerprint density at radius 2 is 0.917 bits per heavy atom. The molecule has 2 N–H and O–H groups in total. The molecule has 6 aromatic rings. The van der Waals surface area contributed by atoms with Gasteiger partial charge in [-0.1, -0.05) is 44.9 Å². The van der Waals surface area contributed by atoms with E-state index < -0.39 is 99.1 Å². The van der Waals surface area contributed by atoms with Crippen LogP contribution in [0.5, 0.6) is 0 Å². The molecule has 17 heteroatoms. The molecule has 364 valence electrons. The van der Waals surface area contributed by atoms with Gasteiger partial charge in [0.1, 0.15) is 0 Å². The maximum Gasteiger partial charge on any atom is 0.261 e. The standard InChI is InChI=1S/C55H47N5O12/c1-24-45(62)31-20-33-34(21-32(31)46(24)63)53(70)59(52(33)69)40-13-7-8-14-41(40)60-54(71)37-22-35-36(23-38(37)55(60)72)51(68)58(50(35)67)39-12-6-5-9-25(39)19-42(61)27-15-17-29-44-30(18-16-28(43(27)44)47(56)64)49(66)57(48(29)65)26-10-3-2-4-11-26/h15-18,20-26,39-41H,2-14,19H2,1H3,(H2,56,64)/t25-,39+,40+,41+/m0/s1. The largest absolute Gasteiger partial charge is 0.366 e. The number of carbonyl (C=O) groups excluding carboxylic acids is 8. The highest BCUT2D eigenvalue weighted by atomic mass is 16.2. The van der Waals surface area contributed by atoms with Crippen molar-refractivity contribution in [2.24, 2.45) is 17.6 Å². The SMILES string of the molecule is CC1C(=O)c2cc3c(cc2C1=O)C(=O)N([C@@H]1CCCC[C@H]1n1c(=O)c2cc4c(=O)n([C@@H]5CCCC[C@H]5CC(=O)c5ccc6c7c(ccc(C(N)=O)c57)C(=O)N(C5CCCCC5)C6=O)c(=O)c4cc2c1=O)C3=O. The Bertz CT molecular complexity index is 3630. The van der Waals surface area contributed by atoms with E-state index in [2.05, 4.69) is 0 Å². The molecule has 0 unspecified atom stereocenters. The predicted octanol–water partition coefficient (Wildman–Crippen LogP) is 5.89. The molecular weight excluding hydrogens is 923 g/mol. The van der Waals surface area contributed by atoms with Gasteiger partial charge in [0.05, 0.1) is 50.7 Å². The average Bonchev–Trinajstić information content (AvgIpc) is 3.96. The lowest BCUT2D eigenvalue weighted by molar-refractivity contribution is 0.0470. The van der Waals surface area contributed by atoms with Crippen molar-refractivity contribution in [1.82, 2.24) is 18.9 Å². The molecule has 17 nitrogen and oxygen atoms in total. The summed E-state index contributed by atoms with van der Waals surface area (Å²) in [5.74, 6) is -6.06. The van der Waals surface area contributed by atoms with Crippen LogP contribution in [0.1, 0.15) is 192 Å². The first-order chi connectivity index (χ1) is 34.6. The first kappa shape index (κ1) is 45.3. The number of carbonyl (C=O) groups is 8. The van der Waals surface area contributed by atoms with E-state index in [4.69, 9.17) is 5.73 Å². The van der Waals surface area contributed by atoms with Crippen LogP contribution in [0.2, 0.25) is 0 Å². The number of primary amides is 1. The molecule has 0 spiro atoms. The van der Waals surface area contributed by atoms with Crippen molar-refractivity contribution in [3.8, 4) is 0 Å². The minimum atomic E-state index is -0.958. The Kier molecular flexibility index (Phi) is 10.3. The summed E-state index contributed by atoms with van der Waals surface area (Å²) in [4.78, 5) is 170. The molecule has 4 aliphatic carbocycles. The highest BCUT2D eigenvalue weighted by molar-refractivity contribution is 6.31. The van der Waals surface area contributed by atoms with E-state index >= 15 is 0 Å². The number of fused-ring (bicyclic) bond motifs is 4. The van der Waals surface area contributed by atoms with Gasteiger partial charge in [-0.25, -0.2) is 0 Å². The number of ketones is 3. The molecule has 5 amide bonds. The number of hydrogen-bond donors (Lipinski definition) is 1. The zero-order chi connectivity index (χ0) is 50.3. The quantitative estimate of drug-likeness (QED) is 0.107. The van der Waals surface area contributed by atoms with Crippen LogP contribution in [0.3, 0.4) is 0 Å². The third-order valence-electron chi connectivity index (χ3n) is 16.9. The molecule has 12 rings (SSSR count). The normalized spacial score (nSPS) is 22.8. The molecular formula is C55H47N5O12. The highest BCUT2D eigenvalue weighted by Crippen LogP contribution is 2.42. The second kappa shape index (κ2) is 16.4. The molecule has 2 aromatic heterocycles. The number of Topliss-reactive ketones (excluding diaryl/α,β-unsaturated/α-hetero) is 3. The fourth-order valence-corrected chi connectivity index (χ4v) is 13.3. The second-order valence-corrected chi connectivity index (χ2v) is 20.6. The molecule has 4 heterocycles. The van der Waals surface area contributed by atoms with Gasteiger partial charge < -0.3 is 5.73 Å². The minimum absolute atomic E-state index is 0.0283. The topological polar surface area (TPSA) is 247 Å². The van der Waals surface area contributed by atoms with Crippen molar-refractivity contribution >= 4 is 79.2 Å². The molecule has 4 aromatic carbocycles. The Morgan fingerprint density at radius 1 is 0.472 bits per heavy atom. The van der Waals surface area contributed by atoms with Gasteiger partial charge in [-0.2, -0.15) is 0 Å². The summed E-state index contributed by atoms with van der Waals surface area (Å²) in [5.41, 5.74) is 3.47. The van der Waals surface area contributed by atoms with Crippen LogP contribution in [-0.2, 0) is 0 Å². The Labute approximate surface area is 408 Å². The smallest absolute Gasteiger partial charge is 0.261 e. The van der Waals surface area contributed by atoms with Crippen LogP contribution in [0, 0.1) is 11.8 Å². The number of aromatic nitrogens is 2. The number of hydrogen-bond acceptors (Lipinski definition) is 12. The van der Waals surface area contributed by atoms with E-state index in [0.29, 0.717) is 51.4 Å². The fraction of sp³-hybridized carbons (Fsp3) is 0.382. The van der Waals surface area contributed by atoms with Gasteiger partial charge >= 0.3 is 0 Å². The van der Waals surface area contributed by atoms with Crippen molar-refractivity contribution < 1.29 is 38.4 Å². The zero-order valence-electron chi connectivity index (χ0n) is 39.2. The average molecular weight is 970 g/mol. The third kappa shape index (κ3) is 6.30. The second-order valence-electron chi connectivity index (χ2n) is 20.6. The summed E-state index contributed by atoms with van der Waals surface area (Å²) in [5, 5.41) is -0.106. The molecule has 0 bridgehead atoms. The van der Waals surface area contributed by atoms with Gasteiger partial charge in [0.15, 0.2) is 17.3 Å². The summed E-state index contributed by atoms with van der Waals surface area (Å²) in [6, 6.07) is 8.02. The monoisotopic (exact) mass is 969 g/mol. The van der Waals surface area contributed by atoms with Crippen LogP contribution in [0.25, 0.3) is 32.3 Å². The molecule has 2 aliphatic heterocycles. The van der Waals surface area contributed by atoms with Crippen LogP contribution in [0.15, 0.2) is 67.7 Å². The highest BCUT2D eigenvalue weighted by Gasteiger charge is 2.48. The Balaban J connectivity index is 0.872. The first-order valence-corrected chi connectivity index (χ1v) is 25.0. The van der Waals surface area contributed by atoms with Gasteiger partial charge in [-0.3, -0.25) is 76.5 Å². The number of imide groups is 2. The van der Waals surface area contributed by atoms with Crippen molar-refractivity contribution in [2.75, 3.05) is 0 Å². The molecule has 0 radical (unpaired) electrons. The van der Waals surface area contributed by atoms with E-state index in [1.807, 2.05) is 0 Å². The number of nitrogens with zero attached hydrogens (tertiary/aromatic N) is 4. The van der Waals surface area contributed by atoms with Crippen molar-refractivity contribution in [1.29, 1.82) is 0 Å². The molecule has 6 aliphatic rings. The zero-order valence-corrected chi connectivity index (χ0v) is 39.2. The van der Waals surface area contributed by atoms with Crippen molar-refractivity contribution in [3.05, 3.63) is 134 Å². The third-order valence-corrected chi connectivity index (χ3v) is 16.9. The molecule has 4 atom stereocenters. The first-order valence-electron chi connectivity index (χ1n) is 25.0. The van der Waals surface area contributed by atoms with E-state index in [9.17, 15) is 57.5 Å². The molecule has 0 saturated heterocycles. The van der Waals surface area contributed by atoms with Gasteiger partial charge in [0.25, 0.3) is 45.9 Å². The van der Waals surface area contributed by atoms with Crippen molar-refractivity contribution in [3.63, 3.8) is 0 Å². The molecule has 72 heavy (non-hydrogen) atoms. The number of amides is 5. The predicted molar refractivity (Wildman–Crippen MR) is 261 cm³/mol. The van der Waals surface area contributed by atoms with Crippen LogP contribution >= 0.6 is 0 Å². The van der Waals surface area contributed by atoms with Crippen molar-refractivity contribution in [2.45, 2.75) is 121 Å². The van der Waals surface area contributed by atoms with E-state index in [-0.39, 0.29) is 102 Å². The van der Waals surface area contributed by atoms with E-state index in [0.717, 1.165) is 33.3 Å². The van der Waals surface area contributed by atoms with Crippen LogP contribution in [0.4, 0.5) is 0 Å². The summed E-state index contributed by atoms with van der Waals surface area (Å²) in [6.07, 6.45) is 7.77. The molecule has 3 saturated carbocycles. The fourth-order valence-electron chi connectivity index (χ4n) is 13.3. The summed E-state index contributed by atoms with van der Waals surface area (Å²) >= 11 is 0. The van der Waals surface area contributed by atoms with Crippen LogP contribution in [-0.4, -0.2) is 77.9 Å². The van der Waals surface area contributed by atoms with Gasteiger partial charge in [0, 0.05) is 62.7 Å². The van der Waals surface area contributed by atoms with E-state index in [1.165, 1.54) is 60.4 Å². The number of rotatable bonds is 8. The maximum absolute atomic E-state index is 14.6. The lowest BCUT2D eigenvalue weighted by Gasteiger charge is -2.36. The number of nitrogens with two attached hydrogens (primary N) is 1. The maximum atomic E-state index is 14.6. The van der Waals surface area contributed by atoms with Gasteiger partial charge in [-0.05, 0) is 99.9 Å². The van der Waals surface area contributed by atoms with Gasteiger partial charge in [0.2, 0.25) is 5.91 Å². The number of benzene rings is 4.